The van der Waals surface area contributed by atoms with Crippen LogP contribution in [-0.4, -0.2) is 25.6 Å². The van der Waals surface area contributed by atoms with E-state index in [-0.39, 0.29) is 16.3 Å². The predicted octanol–water partition coefficient (Wildman–Crippen LogP) is 2.70. The van der Waals surface area contributed by atoms with Gasteiger partial charge in [0.25, 0.3) is 0 Å². The number of nitrogens with one attached hydrogen (secondary N) is 2. The third-order valence-electron chi connectivity index (χ3n) is 3.28. The van der Waals surface area contributed by atoms with Crippen LogP contribution in [0.4, 0.5) is 4.39 Å². The lowest BCUT2D eigenvalue weighted by molar-refractivity contribution is 0.471. The SMILES string of the molecule is CC(C)(CNC1=NCCCN1)c1cccc(Cl)c1F. The highest BCUT2D eigenvalue weighted by Crippen LogP contribution is 2.28. The number of halogens is 2. The molecule has 0 amide bonds. The van der Waals surface area contributed by atoms with Crippen molar-refractivity contribution in [2.45, 2.75) is 25.7 Å². The van der Waals surface area contributed by atoms with E-state index in [1.807, 2.05) is 13.8 Å². The molecule has 0 aromatic heterocycles. The Labute approximate surface area is 118 Å². The van der Waals surface area contributed by atoms with Gasteiger partial charge < -0.3 is 10.6 Å². The number of aliphatic imine (C=N–C) groups is 1. The number of benzene rings is 1. The van der Waals surface area contributed by atoms with Gasteiger partial charge in [-0.2, -0.15) is 0 Å². The minimum atomic E-state index is -0.364. The molecule has 0 spiro atoms. The molecule has 5 heteroatoms. The molecule has 104 valence electrons. The average Bonchev–Trinajstić information content (AvgIpc) is 2.41. The summed E-state index contributed by atoms with van der Waals surface area (Å²) in [6.07, 6.45) is 1.05. The van der Waals surface area contributed by atoms with E-state index in [0.29, 0.717) is 12.1 Å². The van der Waals surface area contributed by atoms with Crippen molar-refractivity contribution in [1.82, 2.24) is 10.6 Å². The topological polar surface area (TPSA) is 36.4 Å². The largest absolute Gasteiger partial charge is 0.356 e. The van der Waals surface area contributed by atoms with Crippen molar-refractivity contribution in [3.05, 3.63) is 34.6 Å². The molecule has 0 atom stereocenters. The fourth-order valence-electron chi connectivity index (χ4n) is 2.08. The van der Waals surface area contributed by atoms with Gasteiger partial charge in [-0.25, -0.2) is 4.39 Å². The van der Waals surface area contributed by atoms with E-state index in [1.165, 1.54) is 0 Å². The maximum Gasteiger partial charge on any atom is 0.191 e. The second kappa shape index (κ2) is 5.78. The molecule has 0 fully saturated rings. The highest BCUT2D eigenvalue weighted by Gasteiger charge is 2.25. The van der Waals surface area contributed by atoms with Crippen molar-refractivity contribution in [3.63, 3.8) is 0 Å². The fraction of sp³-hybridized carbons (Fsp3) is 0.500. The Morgan fingerprint density at radius 2 is 2.26 bits per heavy atom. The van der Waals surface area contributed by atoms with Crippen LogP contribution in [0.15, 0.2) is 23.2 Å². The second-order valence-corrected chi connectivity index (χ2v) is 5.76. The van der Waals surface area contributed by atoms with Crippen LogP contribution in [0, 0.1) is 5.82 Å². The van der Waals surface area contributed by atoms with Gasteiger partial charge >= 0.3 is 0 Å². The molecule has 1 aliphatic rings. The molecule has 2 rings (SSSR count). The summed E-state index contributed by atoms with van der Waals surface area (Å²) in [7, 11) is 0. The Morgan fingerprint density at radius 1 is 1.47 bits per heavy atom. The van der Waals surface area contributed by atoms with E-state index < -0.39 is 0 Å². The van der Waals surface area contributed by atoms with Gasteiger partial charge in [-0.05, 0) is 18.1 Å². The van der Waals surface area contributed by atoms with Crippen molar-refractivity contribution in [2.24, 2.45) is 4.99 Å². The van der Waals surface area contributed by atoms with Crippen LogP contribution in [0.25, 0.3) is 0 Å². The first-order valence-corrected chi connectivity index (χ1v) is 6.85. The zero-order chi connectivity index (χ0) is 13.9. The maximum absolute atomic E-state index is 14.1. The lowest BCUT2D eigenvalue weighted by atomic mass is 9.84. The molecular weight excluding hydrogens is 265 g/mol. The maximum atomic E-state index is 14.1. The first-order chi connectivity index (χ1) is 9.00. The molecule has 0 saturated carbocycles. The second-order valence-electron chi connectivity index (χ2n) is 5.35. The van der Waals surface area contributed by atoms with Crippen LogP contribution in [0.3, 0.4) is 0 Å². The lowest BCUT2D eigenvalue weighted by Gasteiger charge is -2.28. The molecule has 3 nitrogen and oxygen atoms in total. The fourth-order valence-corrected chi connectivity index (χ4v) is 2.25. The zero-order valence-electron chi connectivity index (χ0n) is 11.3. The summed E-state index contributed by atoms with van der Waals surface area (Å²) in [5, 5.41) is 6.59. The van der Waals surface area contributed by atoms with Crippen molar-refractivity contribution >= 4 is 17.6 Å². The summed E-state index contributed by atoms with van der Waals surface area (Å²) in [6, 6.07) is 5.12. The zero-order valence-corrected chi connectivity index (χ0v) is 12.0. The Bertz CT molecular complexity index is 486. The molecule has 1 aromatic carbocycles. The van der Waals surface area contributed by atoms with Gasteiger partial charge in [0.15, 0.2) is 5.96 Å². The highest BCUT2D eigenvalue weighted by molar-refractivity contribution is 6.30. The molecular formula is C14H19ClFN3. The third kappa shape index (κ3) is 3.38. The molecule has 0 radical (unpaired) electrons. The smallest absolute Gasteiger partial charge is 0.191 e. The van der Waals surface area contributed by atoms with Crippen LogP contribution in [0.5, 0.6) is 0 Å². The summed E-state index contributed by atoms with van der Waals surface area (Å²) in [6.45, 7) is 6.32. The van der Waals surface area contributed by atoms with Gasteiger partial charge in [-0.3, -0.25) is 4.99 Å². The van der Waals surface area contributed by atoms with E-state index in [2.05, 4.69) is 15.6 Å². The molecule has 0 saturated heterocycles. The van der Waals surface area contributed by atoms with Gasteiger partial charge in [0.1, 0.15) is 5.82 Å². The summed E-state index contributed by atoms with van der Waals surface area (Å²) in [5.41, 5.74) is 0.250. The van der Waals surface area contributed by atoms with Crippen LogP contribution in [-0.2, 0) is 5.41 Å². The molecule has 0 unspecified atom stereocenters. The number of nitrogens with zero attached hydrogens (tertiary/aromatic N) is 1. The number of rotatable bonds is 3. The first-order valence-electron chi connectivity index (χ1n) is 6.47. The van der Waals surface area contributed by atoms with Gasteiger partial charge in [0, 0.05) is 25.0 Å². The minimum Gasteiger partial charge on any atom is -0.356 e. The summed E-state index contributed by atoms with van der Waals surface area (Å²) < 4.78 is 14.1. The van der Waals surface area contributed by atoms with Crippen LogP contribution in [0.2, 0.25) is 5.02 Å². The van der Waals surface area contributed by atoms with Crippen LogP contribution >= 0.6 is 11.6 Å². The number of hydrogen-bond donors (Lipinski definition) is 2. The summed E-state index contributed by atoms with van der Waals surface area (Å²) in [5.74, 6) is 0.455. The molecule has 19 heavy (non-hydrogen) atoms. The number of guanidine groups is 1. The standard InChI is InChI=1S/C14H19ClFN3/c1-14(2,9-19-13-17-7-4-8-18-13)10-5-3-6-11(15)12(10)16/h3,5-6H,4,7-9H2,1-2H3,(H2,17,18,19). The van der Waals surface area contributed by atoms with Crippen molar-refractivity contribution in [1.29, 1.82) is 0 Å². The van der Waals surface area contributed by atoms with Gasteiger partial charge in [0.2, 0.25) is 0 Å². The molecule has 0 aliphatic carbocycles. The Kier molecular flexibility index (Phi) is 4.30. The van der Waals surface area contributed by atoms with Crippen LogP contribution < -0.4 is 10.6 Å². The Morgan fingerprint density at radius 3 is 2.95 bits per heavy atom. The molecule has 1 heterocycles. The van der Waals surface area contributed by atoms with Crippen molar-refractivity contribution < 1.29 is 4.39 Å². The number of hydrogen-bond acceptors (Lipinski definition) is 3. The van der Waals surface area contributed by atoms with Gasteiger partial charge in [-0.1, -0.05) is 37.6 Å². The molecule has 1 aliphatic heterocycles. The Balaban J connectivity index is 2.09. The highest BCUT2D eigenvalue weighted by atomic mass is 35.5. The normalized spacial score (nSPS) is 15.7. The van der Waals surface area contributed by atoms with E-state index >= 15 is 0 Å². The predicted molar refractivity (Wildman–Crippen MR) is 77.4 cm³/mol. The van der Waals surface area contributed by atoms with E-state index in [9.17, 15) is 4.39 Å². The third-order valence-corrected chi connectivity index (χ3v) is 3.57. The lowest BCUT2D eigenvalue weighted by Crippen LogP contribution is -2.45. The average molecular weight is 284 g/mol. The van der Waals surface area contributed by atoms with E-state index in [1.54, 1.807) is 18.2 Å². The van der Waals surface area contributed by atoms with Crippen molar-refractivity contribution in [2.75, 3.05) is 19.6 Å². The van der Waals surface area contributed by atoms with E-state index in [4.69, 9.17) is 11.6 Å². The van der Waals surface area contributed by atoms with Gasteiger partial charge in [0.05, 0.1) is 5.02 Å². The minimum absolute atomic E-state index is 0.165. The monoisotopic (exact) mass is 283 g/mol. The Hall–Kier alpha value is -1.29. The van der Waals surface area contributed by atoms with Gasteiger partial charge in [-0.15, -0.1) is 0 Å². The van der Waals surface area contributed by atoms with Crippen LogP contribution in [0.1, 0.15) is 25.8 Å². The molecule has 1 aromatic rings. The summed E-state index contributed by atoms with van der Waals surface area (Å²) >= 11 is 5.84. The molecule has 0 bridgehead atoms. The van der Waals surface area contributed by atoms with E-state index in [0.717, 1.165) is 25.5 Å². The molecule has 2 N–H and O–H groups in total. The quantitative estimate of drug-likeness (QED) is 0.895. The first kappa shape index (κ1) is 14.1. The summed E-state index contributed by atoms with van der Waals surface area (Å²) in [4.78, 5) is 4.34. The van der Waals surface area contributed by atoms with Crippen molar-refractivity contribution in [3.8, 4) is 0 Å².